The smallest absolute Gasteiger partial charge is 0.307 e. The Balaban J connectivity index is 1.50. The van der Waals surface area contributed by atoms with Crippen molar-refractivity contribution in [3.05, 3.63) is 59.7 Å². The largest absolute Gasteiger partial charge is 0.497 e. The number of hydrogen-bond acceptors (Lipinski definition) is 5. The molecule has 31 heavy (non-hydrogen) atoms. The molecule has 1 saturated heterocycles. The number of benzene rings is 2. The zero-order valence-electron chi connectivity index (χ0n) is 17.0. The Morgan fingerprint density at radius 3 is 2.65 bits per heavy atom. The first kappa shape index (κ1) is 22.9. The van der Waals surface area contributed by atoms with E-state index in [0.717, 1.165) is 6.07 Å². The summed E-state index contributed by atoms with van der Waals surface area (Å²) in [5.41, 5.74) is 0.0588. The summed E-state index contributed by atoms with van der Waals surface area (Å²) >= 11 is 0. The lowest BCUT2D eigenvalue weighted by molar-refractivity contribution is -0.144. The van der Waals surface area contributed by atoms with Crippen molar-refractivity contribution >= 4 is 22.7 Å². The van der Waals surface area contributed by atoms with Crippen LogP contribution in [0.3, 0.4) is 0 Å². The number of hydrogen-bond donors (Lipinski definition) is 0. The summed E-state index contributed by atoms with van der Waals surface area (Å²) in [5.74, 6) is -1.94. The van der Waals surface area contributed by atoms with Crippen LogP contribution in [-0.2, 0) is 31.7 Å². The number of ether oxygens (including phenoxy) is 2. The van der Waals surface area contributed by atoms with Gasteiger partial charge in [-0.15, -0.1) is 0 Å². The molecule has 6 nitrogen and oxygen atoms in total. The van der Waals surface area contributed by atoms with Crippen molar-refractivity contribution < 1.29 is 32.1 Å². The van der Waals surface area contributed by atoms with Gasteiger partial charge in [0, 0.05) is 29.5 Å². The van der Waals surface area contributed by atoms with Gasteiger partial charge < -0.3 is 14.4 Å². The van der Waals surface area contributed by atoms with Gasteiger partial charge in [0.15, 0.2) is 11.6 Å². The number of likely N-dealkylation sites (tertiary alicyclic amines) is 1. The molecule has 166 valence electrons. The summed E-state index contributed by atoms with van der Waals surface area (Å²) < 4.78 is 49.9. The molecular formula is C22H23F2NO5S. The maximum atomic E-state index is 14.0. The molecule has 1 aliphatic heterocycles. The van der Waals surface area contributed by atoms with E-state index in [1.807, 2.05) is 0 Å². The summed E-state index contributed by atoms with van der Waals surface area (Å²) in [6, 6.07) is 10.1. The van der Waals surface area contributed by atoms with Crippen LogP contribution in [0.5, 0.6) is 5.75 Å². The van der Waals surface area contributed by atoms with Crippen LogP contribution in [0, 0.1) is 11.6 Å². The number of methoxy groups -OCH3 is 1. The zero-order chi connectivity index (χ0) is 22.4. The number of nitrogens with zero attached hydrogens (tertiary/aromatic N) is 1. The van der Waals surface area contributed by atoms with Gasteiger partial charge in [0.25, 0.3) is 0 Å². The lowest BCUT2D eigenvalue weighted by Gasteiger charge is -2.24. The first-order chi connectivity index (χ1) is 14.9. The zero-order valence-corrected chi connectivity index (χ0v) is 17.8. The monoisotopic (exact) mass is 451 g/mol. The van der Waals surface area contributed by atoms with Crippen molar-refractivity contribution in [1.82, 2.24) is 4.90 Å². The maximum Gasteiger partial charge on any atom is 0.307 e. The maximum absolute atomic E-state index is 14.0. The summed E-state index contributed by atoms with van der Waals surface area (Å²) in [7, 11) is 0.208. The Morgan fingerprint density at radius 1 is 1.19 bits per heavy atom. The molecule has 1 fully saturated rings. The van der Waals surface area contributed by atoms with E-state index in [9.17, 15) is 22.6 Å². The van der Waals surface area contributed by atoms with Gasteiger partial charge in [-0.05, 0) is 36.8 Å². The van der Waals surface area contributed by atoms with Crippen molar-refractivity contribution in [3.63, 3.8) is 0 Å². The Morgan fingerprint density at radius 2 is 1.94 bits per heavy atom. The third kappa shape index (κ3) is 5.88. The number of esters is 1. The summed E-state index contributed by atoms with van der Waals surface area (Å²) in [6.45, 7) is -0.140. The lowest BCUT2D eigenvalue weighted by atomic mass is 10.1. The van der Waals surface area contributed by atoms with E-state index in [0.29, 0.717) is 17.1 Å². The molecule has 0 spiro atoms. The SMILES string of the molecule is COc1ccc(S(=O)CCOC(=O)CC2CCC(=O)N2Cc2cccc(F)c2F)cc1. The van der Waals surface area contributed by atoms with E-state index >= 15 is 0 Å². The molecule has 2 atom stereocenters. The third-order valence-electron chi connectivity index (χ3n) is 5.08. The molecule has 1 aliphatic rings. The minimum Gasteiger partial charge on any atom is -0.497 e. The average molecular weight is 451 g/mol. The van der Waals surface area contributed by atoms with E-state index in [2.05, 4.69) is 0 Å². The number of rotatable bonds is 9. The van der Waals surface area contributed by atoms with Gasteiger partial charge in [0.2, 0.25) is 5.91 Å². The highest BCUT2D eigenvalue weighted by atomic mass is 32.2. The first-order valence-corrected chi connectivity index (χ1v) is 11.1. The summed E-state index contributed by atoms with van der Waals surface area (Å²) in [5, 5.41) is 0. The number of carbonyl (C=O) groups is 2. The van der Waals surface area contributed by atoms with Crippen LogP contribution < -0.4 is 4.74 Å². The first-order valence-electron chi connectivity index (χ1n) is 9.79. The number of halogens is 2. The molecule has 1 amide bonds. The van der Waals surface area contributed by atoms with Crippen molar-refractivity contribution in [2.24, 2.45) is 0 Å². The lowest BCUT2D eigenvalue weighted by Crippen LogP contribution is -2.35. The second kappa shape index (κ2) is 10.5. The molecule has 0 aliphatic carbocycles. The van der Waals surface area contributed by atoms with Gasteiger partial charge in [0.05, 0.1) is 30.1 Å². The molecular weight excluding hydrogens is 428 g/mol. The van der Waals surface area contributed by atoms with Crippen LogP contribution in [-0.4, -0.2) is 46.5 Å². The molecule has 2 aromatic rings. The van der Waals surface area contributed by atoms with Gasteiger partial charge in [-0.3, -0.25) is 13.8 Å². The molecule has 0 radical (unpaired) electrons. The standard InChI is InChI=1S/C22H23F2NO5S/c1-29-17-6-8-18(9-7-17)31(28)12-11-30-21(27)13-16-5-10-20(26)25(16)14-15-3-2-4-19(23)22(15)24/h2-4,6-9,16H,5,10-14H2,1H3. The Bertz CT molecular complexity index is 967. The number of amides is 1. The average Bonchev–Trinajstić information content (AvgIpc) is 3.10. The van der Waals surface area contributed by atoms with Gasteiger partial charge >= 0.3 is 5.97 Å². The van der Waals surface area contributed by atoms with Gasteiger partial charge in [0.1, 0.15) is 12.4 Å². The quantitative estimate of drug-likeness (QED) is 0.548. The minimum atomic E-state index is -1.33. The van der Waals surface area contributed by atoms with Crippen LogP contribution >= 0.6 is 0 Å². The highest BCUT2D eigenvalue weighted by Crippen LogP contribution is 2.25. The van der Waals surface area contributed by atoms with Gasteiger partial charge in [-0.1, -0.05) is 12.1 Å². The van der Waals surface area contributed by atoms with Crippen LogP contribution in [0.4, 0.5) is 8.78 Å². The summed E-state index contributed by atoms with van der Waals surface area (Å²) in [4.78, 5) is 26.4. The molecule has 0 aromatic heterocycles. The van der Waals surface area contributed by atoms with Crippen LogP contribution in [0.25, 0.3) is 0 Å². The van der Waals surface area contributed by atoms with Crippen molar-refractivity contribution in [2.45, 2.75) is 36.7 Å². The minimum absolute atomic E-state index is 0.0311. The highest BCUT2D eigenvalue weighted by Gasteiger charge is 2.33. The Hall–Kier alpha value is -2.81. The van der Waals surface area contributed by atoms with Crippen molar-refractivity contribution in [2.75, 3.05) is 19.5 Å². The van der Waals surface area contributed by atoms with Crippen LogP contribution in [0.2, 0.25) is 0 Å². The Labute approximate surface area is 181 Å². The molecule has 2 aromatic carbocycles. The number of carbonyl (C=O) groups excluding carboxylic acids is 2. The molecule has 2 unspecified atom stereocenters. The topological polar surface area (TPSA) is 72.9 Å². The van der Waals surface area contributed by atoms with Gasteiger partial charge in [-0.25, -0.2) is 8.78 Å². The normalized spacial score (nSPS) is 16.9. The van der Waals surface area contributed by atoms with E-state index in [-0.39, 0.29) is 43.2 Å². The van der Waals surface area contributed by atoms with E-state index < -0.39 is 34.4 Å². The second-order valence-electron chi connectivity index (χ2n) is 7.08. The van der Waals surface area contributed by atoms with Crippen molar-refractivity contribution in [1.29, 1.82) is 0 Å². The fraction of sp³-hybridized carbons (Fsp3) is 0.364. The highest BCUT2D eigenvalue weighted by molar-refractivity contribution is 7.85. The molecule has 0 saturated carbocycles. The molecule has 0 N–H and O–H groups in total. The van der Waals surface area contributed by atoms with Crippen LogP contribution in [0.15, 0.2) is 47.4 Å². The van der Waals surface area contributed by atoms with Crippen LogP contribution in [0.1, 0.15) is 24.8 Å². The van der Waals surface area contributed by atoms with Crippen molar-refractivity contribution in [3.8, 4) is 5.75 Å². The second-order valence-corrected chi connectivity index (χ2v) is 8.65. The van der Waals surface area contributed by atoms with Gasteiger partial charge in [-0.2, -0.15) is 0 Å². The van der Waals surface area contributed by atoms with E-state index in [1.165, 1.54) is 17.0 Å². The Kier molecular flexibility index (Phi) is 7.73. The molecule has 9 heteroatoms. The predicted molar refractivity (Wildman–Crippen MR) is 110 cm³/mol. The fourth-order valence-electron chi connectivity index (χ4n) is 3.40. The van der Waals surface area contributed by atoms with E-state index in [4.69, 9.17) is 9.47 Å². The molecule has 0 bridgehead atoms. The fourth-order valence-corrected chi connectivity index (χ4v) is 4.31. The third-order valence-corrected chi connectivity index (χ3v) is 6.42. The van der Waals surface area contributed by atoms with E-state index in [1.54, 1.807) is 31.4 Å². The molecule has 3 rings (SSSR count). The summed E-state index contributed by atoms with van der Waals surface area (Å²) in [6.07, 6.45) is 0.608. The molecule has 1 heterocycles. The predicted octanol–water partition coefficient (Wildman–Crippen LogP) is 3.21.